The van der Waals surface area contributed by atoms with Crippen molar-refractivity contribution in [2.75, 3.05) is 0 Å². The van der Waals surface area contributed by atoms with Crippen molar-refractivity contribution in [3.63, 3.8) is 0 Å². The molecule has 0 spiro atoms. The van der Waals surface area contributed by atoms with Crippen LogP contribution in [0.2, 0.25) is 5.02 Å². The largest absolute Gasteiger partial charge is 0.298 e. The lowest BCUT2D eigenvalue weighted by molar-refractivity contribution is 0.112. The molecule has 0 aliphatic rings. The summed E-state index contributed by atoms with van der Waals surface area (Å²) in [5.41, 5.74) is 1.78. The fourth-order valence-corrected chi connectivity index (χ4v) is 2.00. The van der Waals surface area contributed by atoms with E-state index >= 15 is 0 Å². The van der Waals surface area contributed by atoms with Crippen molar-refractivity contribution < 1.29 is 4.79 Å². The van der Waals surface area contributed by atoms with Crippen LogP contribution < -0.4 is 0 Å². The van der Waals surface area contributed by atoms with Gasteiger partial charge in [-0.15, -0.1) is 5.10 Å². The summed E-state index contributed by atoms with van der Waals surface area (Å²) in [4.78, 5) is 15.3. The topological polar surface area (TPSA) is 47.3 Å². The number of hydrogen-bond acceptors (Lipinski definition) is 3. The van der Waals surface area contributed by atoms with Crippen molar-refractivity contribution >= 4 is 23.5 Å². The van der Waals surface area contributed by atoms with Crippen LogP contribution >= 0.6 is 11.6 Å². The molecule has 0 aliphatic heterocycles. The van der Waals surface area contributed by atoms with Crippen LogP contribution in [0, 0.1) is 0 Å². The van der Waals surface area contributed by atoms with Crippen LogP contribution in [-0.2, 0) is 0 Å². The lowest BCUT2D eigenvalue weighted by Gasteiger charge is -1.96. The molecule has 0 aliphatic carbocycles. The Morgan fingerprint density at radius 2 is 2.00 bits per heavy atom. The Bertz CT molecular complexity index is 736. The standard InChI is InChI=1S/C13H8ClN3O/c14-11-6-2-1-5-10(11)12-15-13-9(8-18)4-3-7-17(13)16-12/h1-8H. The number of halogens is 1. The SMILES string of the molecule is O=Cc1cccn2nc(-c3ccccc3Cl)nc12. The molecular formula is C13H8ClN3O. The average Bonchev–Trinajstić information content (AvgIpc) is 2.82. The van der Waals surface area contributed by atoms with Gasteiger partial charge in [-0.05, 0) is 24.3 Å². The molecule has 3 aromatic rings. The Morgan fingerprint density at radius 1 is 1.17 bits per heavy atom. The quantitative estimate of drug-likeness (QED) is 0.663. The number of carbonyl (C=O) groups is 1. The number of nitrogens with zero attached hydrogens (tertiary/aromatic N) is 3. The van der Waals surface area contributed by atoms with Gasteiger partial charge in [-0.2, -0.15) is 0 Å². The average molecular weight is 258 g/mol. The third kappa shape index (κ3) is 1.67. The number of aldehydes is 1. The summed E-state index contributed by atoms with van der Waals surface area (Å²) < 4.78 is 1.57. The minimum atomic E-state index is 0.503. The van der Waals surface area contributed by atoms with E-state index in [9.17, 15) is 4.79 Å². The van der Waals surface area contributed by atoms with Gasteiger partial charge in [0.25, 0.3) is 0 Å². The molecule has 1 aromatic carbocycles. The molecule has 0 bridgehead atoms. The Balaban J connectivity index is 2.26. The molecule has 88 valence electrons. The molecule has 0 radical (unpaired) electrons. The minimum absolute atomic E-state index is 0.503. The van der Waals surface area contributed by atoms with Crippen molar-refractivity contribution in [3.8, 4) is 11.4 Å². The zero-order chi connectivity index (χ0) is 12.5. The molecular weight excluding hydrogens is 250 g/mol. The van der Waals surface area contributed by atoms with E-state index in [1.54, 1.807) is 28.9 Å². The van der Waals surface area contributed by atoms with E-state index in [1.165, 1.54) is 0 Å². The van der Waals surface area contributed by atoms with Gasteiger partial charge in [0, 0.05) is 11.8 Å². The van der Waals surface area contributed by atoms with Crippen molar-refractivity contribution in [1.29, 1.82) is 0 Å². The van der Waals surface area contributed by atoms with Gasteiger partial charge in [-0.3, -0.25) is 4.79 Å². The molecule has 0 saturated heterocycles. The summed E-state index contributed by atoms with van der Waals surface area (Å²) in [6, 6.07) is 10.8. The van der Waals surface area contributed by atoms with Gasteiger partial charge in [0.15, 0.2) is 17.8 Å². The molecule has 3 rings (SSSR count). The minimum Gasteiger partial charge on any atom is -0.298 e. The van der Waals surface area contributed by atoms with E-state index < -0.39 is 0 Å². The maximum absolute atomic E-state index is 10.9. The van der Waals surface area contributed by atoms with Crippen LogP contribution in [-0.4, -0.2) is 20.9 Å². The fourth-order valence-electron chi connectivity index (χ4n) is 1.78. The summed E-state index contributed by atoms with van der Waals surface area (Å²) in [5.74, 6) is 0.509. The Hall–Kier alpha value is -2.20. The third-order valence-electron chi connectivity index (χ3n) is 2.63. The zero-order valence-electron chi connectivity index (χ0n) is 9.25. The van der Waals surface area contributed by atoms with E-state index in [0.717, 1.165) is 11.8 Å². The monoisotopic (exact) mass is 257 g/mol. The molecule has 2 heterocycles. The van der Waals surface area contributed by atoms with Gasteiger partial charge < -0.3 is 0 Å². The first-order valence-corrected chi connectivity index (χ1v) is 5.73. The number of aromatic nitrogens is 3. The van der Waals surface area contributed by atoms with Crippen molar-refractivity contribution in [2.24, 2.45) is 0 Å². The second kappa shape index (κ2) is 4.23. The highest BCUT2D eigenvalue weighted by Gasteiger charge is 2.11. The van der Waals surface area contributed by atoms with Crippen molar-refractivity contribution in [1.82, 2.24) is 14.6 Å². The lowest BCUT2D eigenvalue weighted by Crippen LogP contribution is -1.90. The Kier molecular flexibility index (Phi) is 2.57. The first-order chi connectivity index (χ1) is 8.79. The highest BCUT2D eigenvalue weighted by Crippen LogP contribution is 2.25. The molecule has 18 heavy (non-hydrogen) atoms. The summed E-state index contributed by atoms with van der Waals surface area (Å²) in [7, 11) is 0. The van der Waals surface area contributed by atoms with Crippen LogP contribution in [0.1, 0.15) is 10.4 Å². The van der Waals surface area contributed by atoms with Gasteiger partial charge in [-0.25, -0.2) is 9.50 Å². The molecule has 4 nitrogen and oxygen atoms in total. The van der Waals surface area contributed by atoms with E-state index in [4.69, 9.17) is 11.6 Å². The molecule has 0 N–H and O–H groups in total. The summed E-state index contributed by atoms with van der Waals surface area (Å²) in [6.07, 6.45) is 2.51. The van der Waals surface area contributed by atoms with Crippen LogP contribution in [0.25, 0.3) is 17.0 Å². The second-order valence-corrected chi connectivity index (χ2v) is 4.17. The van der Waals surface area contributed by atoms with Gasteiger partial charge in [-0.1, -0.05) is 23.7 Å². The fraction of sp³-hybridized carbons (Fsp3) is 0. The molecule has 0 atom stereocenters. The summed E-state index contributed by atoms with van der Waals surface area (Å²) in [6.45, 7) is 0. The van der Waals surface area contributed by atoms with E-state index in [2.05, 4.69) is 10.1 Å². The number of rotatable bonds is 2. The van der Waals surface area contributed by atoms with Gasteiger partial charge in [0.2, 0.25) is 0 Å². The van der Waals surface area contributed by atoms with Crippen molar-refractivity contribution in [3.05, 3.63) is 53.2 Å². The second-order valence-electron chi connectivity index (χ2n) is 3.76. The highest BCUT2D eigenvalue weighted by atomic mass is 35.5. The number of fused-ring (bicyclic) bond motifs is 1. The smallest absolute Gasteiger partial charge is 0.183 e. The predicted octanol–water partition coefficient (Wildman–Crippen LogP) is 2.86. The maximum atomic E-state index is 10.9. The lowest BCUT2D eigenvalue weighted by atomic mass is 10.2. The van der Waals surface area contributed by atoms with E-state index in [0.29, 0.717) is 22.1 Å². The zero-order valence-corrected chi connectivity index (χ0v) is 10.0. The summed E-state index contributed by atoms with van der Waals surface area (Å²) >= 11 is 6.10. The Morgan fingerprint density at radius 3 is 2.78 bits per heavy atom. The number of hydrogen-bond donors (Lipinski definition) is 0. The van der Waals surface area contributed by atoms with Crippen LogP contribution in [0.15, 0.2) is 42.6 Å². The molecule has 0 saturated carbocycles. The van der Waals surface area contributed by atoms with E-state index in [1.807, 2.05) is 18.2 Å². The molecule has 0 amide bonds. The maximum Gasteiger partial charge on any atom is 0.183 e. The Labute approximate surface area is 108 Å². The van der Waals surface area contributed by atoms with Crippen LogP contribution in [0.5, 0.6) is 0 Å². The molecule has 0 unspecified atom stereocenters. The van der Waals surface area contributed by atoms with Crippen LogP contribution in [0.3, 0.4) is 0 Å². The predicted molar refractivity (Wildman–Crippen MR) is 68.8 cm³/mol. The normalized spacial score (nSPS) is 10.7. The molecule has 5 heteroatoms. The third-order valence-corrected chi connectivity index (χ3v) is 2.96. The number of pyridine rings is 1. The van der Waals surface area contributed by atoms with Gasteiger partial charge >= 0.3 is 0 Å². The summed E-state index contributed by atoms with van der Waals surface area (Å²) in [5, 5.41) is 4.90. The highest BCUT2D eigenvalue weighted by molar-refractivity contribution is 6.33. The van der Waals surface area contributed by atoms with Gasteiger partial charge in [0.05, 0.1) is 10.6 Å². The molecule has 2 aromatic heterocycles. The van der Waals surface area contributed by atoms with Crippen molar-refractivity contribution in [2.45, 2.75) is 0 Å². The van der Waals surface area contributed by atoms with Crippen LogP contribution in [0.4, 0.5) is 0 Å². The van der Waals surface area contributed by atoms with E-state index in [-0.39, 0.29) is 0 Å². The number of benzene rings is 1. The molecule has 0 fully saturated rings. The first kappa shape index (κ1) is 10.9. The number of carbonyl (C=O) groups excluding carboxylic acids is 1. The first-order valence-electron chi connectivity index (χ1n) is 5.35. The van der Waals surface area contributed by atoms with Gasteiger partial charge in [0.1, 0.15) is 0 Å².